The molecule has 0 aromatic heterocycles. The topological polar surface area (TPSA) is 40.5 Å². The maximum atomic E-state index is 12.2. The molecule has 0 aliphatic carbocycles. The molecule has 17 heavy (non-hydrogen) atoms. The molecule has 2 rings (SSSR count). The number of amides is 1. The Balaban J connectivity index is 2.10. The number of hydrogen-bond acceptors (Lipinski definition) is 2. The number of halogens is 1. The van der Waals surface area contributed by atoms with Gasteiger partial charge in [0.1, 0.15) is 0 Å². The Morgan fingerprint density at radius 2 is 2.29 bits per heavy atom. The van der Waals surface area contributed by atoms with E-state index >= 15 is 0 Å². The number of carbonyl (C=O) groups is 1. The van der Waals surface area contributed by atoms with Crippen molar-refractivity contribution in [2.45, 2.75) is 19.4 Å². The molecule has 1 aromatic carbocycles. The van der Waals surface area contributed by atoms with Gasteiger partial charge in [-0.1, -0.05) is 13.0 Å². The van der Waals surface area contributed by atoms with Crippen molar-refractivity contribution in [2.24, 2.45) is 5.92 Å². The van der Waals surface area contributed by atoms with Crippen molar-refractivity contribution in [1.82, 2.24) is 4.90 Å². The third-order valence-corrected chi connectivity index (χ3v) is 3.95. The van der Waals surface area contributed by atoms with Crippen LogP contribution in [0.3, 0.4) is 0 Å². The highest BCUT2D eigenvalue weighted by molar-refractivity contribution is 14.1. The second-order valence-electron chi connectivity index (χ2n) is 4.59. The maximum absolute atomic E-state index is 12.2. The SMILES string of the molecule is CC1CCN(C(=O)c2cccc(I)c2)CC1O. The van der Waals surface area contributed by atoms with Crippen molar-refractivity contribution in [3.8, 4) is 0 Å². The van der Waals surface area contributed by atoms with Gasteiger partial charge in [0.25, 0.3) is 5.91 Å². The average molecular weight is 345 g/mol. The predicted molar refractivity (Wildman–Crippen MR) is 74.9 cm³/mol. The summed E-state index contributed by atoms with van der Waals surface area (Å²) >= 11 is 2.20. The fraction of sp³-hybridized carbons (Fsp3) is 0.462. The molecule has 0 radical (unpaired) electrons. The summed E-state index contributed by atoms with van der Waals surface area (Å²) in [6.45, 7) is 3.21. The number of likely N-dealkylation sites (tertiary alicyclic amines) is 1. The lowest BCUT2D eigenvalue weighted by atomic mass is 9.95. The minimum Gasteiger partial charge on any atom is -0.391 e. The molecule has 1 saturated heterocycles. The van der Waals surface area contributed by atoms with E-state index in [0.29, 0.717) is 12.1 Å². The van der Waals surface area contributed by atoms with Gasteiger partial charge in [0.05, 0.1) is 6.10 Å². The number of hydrogen-bond donors (Lipinski definition) is 1. The molecule has 0 spiro atoms. The fourth-order valence-electron chi connectivity index (χ4n) is 2.04. The molecule has 2 unspecified atom stereocenters. The van der Waals surface area contributed by atoms with Crippen LogP contribution in [0.1, 0.15) is 23.7 Å². The van der Waals surface area contributed by atoms with Gasteiger partial charge < -0.3 is 10.0 Å². The lowest BCUT2D eigenvalue weighted by Crippen LogP contribution is -2.45. The zero-order valence-electron chi connectivity index (χ0n) is 9.77. The zero-order chi connectivity index (χ0) is 12.4. The summed E-state index contributed by atoms with van der Waals surface area (Å²) in [5.41, 5.74) is 0.707. The van der Waals surface area contributed by atoms with Crippen LogP contribution in [0.25, 0.3) is 0 Å². The predicted octanol–water partition coefficient (Wildman–Crippen LogP) is 2.13. The van der Waals surface area contributed by atoms with Gasteiger partial charge in [-0.05, 0) is 53.1 Å². The van der Waals surface area contributed by atoms with Gasteiger partial charge in [-0.25, -0.2) is 0 Å². The molecule has 2 atom stereocenters. The Morgan fingerprint density at radius 3 is 2.94 bits per heavy atom. The van der Waals surface area contributed by atoms with Crippen molar-refractivity contribution in [1.29, 1.82) is 0 Å². The largest absolute Gasteiger partial charge is 0.391 e. The van der Waals surface area contributed by atoms with Crippen LogP contribution in [-0.2, 0) is 0 Å². The molecule has 1 fully saturated rings. The van der Waals surface area contributed by atoms with Gasteiger partial charge in [-0.15, -0.1) is 0 Å². The van der Waals surface area contributed by atoms with Crippen LogP contribution in [0, 0.1) is 9.49 Å². The molecular weight excluding hydrogens is 329 g/mol. The van der Waals surface area contributed by atoms with E-state index in [1.807, 2.05) is 31.2 Å². The van der Waals surface area contributed by atoms with E-state index in [1.165, 1.54) is 0 Å². The molecule has 4 heteroatoms. The molecule has 0 bridgehead atoms. The van der Waals surface area contributed by atoms with Crippen molar-refractivity contribution in [3.63, 3.8) is 0 Å². The van der Waals surface area contributed by atoms with Crippen LogP contribution < -0.4 is 0 Å². The van der Waals surface area contributed by atoms with Crippen LogP contribution in [-0.4, -0.2) is 35.1 Å². The van der Waals surface area contributed by atoms with E-state index in [2.05, 4.69) is 22.6 Å². The smallest absolute Gasteiger partial charge is 0.253 e. The molecule has 1 aliphatic heterocycles. The summed E-state index contributed by atoms with van der Waals surface area (Å²) in [4.78, 5) is 14.0. The van der Waals surface area contributed by atoms with E-state index in [9.17, 15) is 9.90 Å². The first-order valence-corrected chi connectivity index (χ1v) is 6.88. The molecule has 1 heterocycles. The van der Waals surface area contributed by atoms with Crippen molar-refractivity contribution < 1.29 is 9.90 Å². The van der Waals surface area contributed by atoms with Gasteiger partial charge in [0, 0.05) is 22.2 Å². The zero-order valence-corrected chi connectivity index (χ0v) is 11.9. The number of piperidine rings is 1. The van der Waals surface area contributed by atoms with Crippen molar-refractivity contribution >= 4 is 28.5 Å². The third kappa shape index (κ3) is 2.98. The first-order chi connectivity index (χ1) is 8.08. The van der Waals surface area contributed by atoms with E-state index in [1.54, 1.807) is 4.90 Å². The minimum atomic E-state index is -0.393. The number of β-amino-alcohol motifs (C(OH)–C–C–N with tert-alkyl or cyclic N) is 1. The van der Waals surface area contributed by atoms with Gasteiger partial charge in [-0.2, -0.15) is 0 Å². The Morgan fingerprint density at radius 1 is 1.53 bits per heavy atom. The van der Waals surface area contributed by atoms with E-state index in [0.717, 1.165) is 16.5 Å². The molecule has 1 amide bonds. The Kier molecular flexibility index (Phi) is 4.04. The van der Waals surface area contributed by atoms with E-state index < -0.39 is 6.10 Å². The van der Waals surface area contributed by atoms with Gasteiger partial charge in [0.2, 0.25) is 0 Å². The van der Waals surface area contributed by atoms with Gasteiger partial charge in [0.15, 0.2) is 0 Å². The number of aliphatic hydroxyl groups excluding tert-OH is 1. The number of benzene rings is 1. The quantitative estimate of drug-likeness (QED) is 0.793. The highest BCUT2D eigenvalue weighted by Crippen LogP contribution is 2.19. The first kappa shape index (κ1) is 12.8. The summed E-state index contributed by atoms with van der Waals surface area (Å²) < 4.78 is 1.05. The summed E-state index contributed by atoms with van der Waals surface area (Å²) in [5.74, 6) is 0.310. The van der Waals surface area contributed by atoms with Gasteiger partial charge >= 0.3 is 0 Å². The second-order valence-corrected chi connectivity index (χ2v) is 5.84. The third-order valence-electron chi connectivity index (χ3n) is 3.28. The van der Waals surface area contributed by atoms with Crippen LogP contribution >= 0.6 is 22.6 Å². The molecule has 1 N–H and O–H groups in total. The molecule has 1 aliphatic rings. The second kappa shape index (κ2) is 5.35. The van der Waals surface area contributed by atoms with Crippen LogP contribution in [0.2, 0.25) is 0 Å². The molecule has 0 saturated carbocycles. The van der Waals surface area contributed by atoms with E-state index in [-0.39, 0.29) is 11.8 Å². The number of nitrogens with zero attached hydrogens (tertiary/aromatic N) is 1. The van der Waals surface area contributed by atoms with Crippen molar-refractivity contribution in [3.05, 3.63) is 33.4 Å². The normalized spacial score (nSPS) is 24.8. The maximum Gasteiger partial charge on any atom is 0.253 e. The Bertz CT molecular complexity index is 422. The standard InChI is InChI=1S/C13H16INO2/c1-9-5-6-15(8-12(9)16)13(17)10-3-2-4-11(14)7-10/h2-4,7,9,12,16H,5-6,8H2,1H3. The first-order valence-electron chi connectivity index (χ1n) is 5.81. The summed E-state index contributed by atoms with van der Waals surface area (Å²) in [6, 6.07) is 7.56. The highest BCUT2D eigenvalue weighted by Gasteiger charge is 2.27. The van der Waals surface area contributed by atoms with Crippen LogP contribution in [0.4, 0.5) is 0 Å². The molecular formula is C13H16INO2. The summed E-state index contributed by atoms with van der Waals surface area (Å²) in [5, 5.41) is 9.80. The average Bonchev–Trinajstić information content (AvgIpc) is 2.32. The summed E-state index contributed by atoms with van der Waals surface area (Å²) in [7, 11) is 0. The lowest BCUT2D eigenvalue weighted by Gasteiger charge is -2.34. The number of aliphatic hydroxyl groups is 1. The molecule has 1 aromatic rings. The van der Waals surface area contributed by atoms with Gasteiger partial charge in [-0.3, -0.25) is 4.79 Å². The van der Waals surface area contributed by atoms with Crippen LogP contribution in [0.15, 0.2) is 24.3 Å². The molecule has 92 valence electrons. The number of carbonyl (C=O) groups excluding carboxylic acids is 1. The monoisotopic (exact) mass is 345 g/mol. The van der Waals surface area contributed by atoms with Crippen LogP contribution in [0.5, 0.6) is 0 Å². The molecule has 3 nitrogen and oxygen atoms in total. The van der Waals surface area contributed by atoms with E-state index in [4.69, 9.17) is 0 Å². The Labute approximate surface area is 115 Å². The fourth-order valence-corrected chi connectivity index (χ4v) is 2.58. The minimum absolute atomic E-state index is 0.0227. The van der Waals surface area contributed by atoms with Crippen molar-refractivity contribution in [2.75, 3.05) is 13.1 Å². The Hall–Kier alpha value is -0.620. The lowest BCUT2D eigenvalue weighted by molar-refractivity contribution is 0.0248. The summed E-state index contributed by atoms with van der Waals surface area (Å²) in [6.07, 6.45) is 0.479. The number of rotatable bonds is 1. The highest BCUT2D eigenvalue weighted by atomic mass is 127.